The largest absolute Gasteiger partial charge is 0.361 e. The molecule has 0 bridgehead atoms. The van der Waals surface area contributed by atoms with Gasteiger partial charge in [0.1, 0.15) is 0 Å². The summed E-state index contributed by atoms with van der Waals surface area (Å²) in [5.41, 5.74) is 2.95. The van der Waals surface area contributed by atoms with E-state index in [0.717, 1.165) is 22.7 Å². The van der Waals surface area contributed by atoms with Crippen molar-refractivity contribution in [3.63, 3.8) is 0 Å². The average Bonchev–Trinajstić information content (AvgIpc) is 3.28. The van der Waals surface area contributed by atoms with Gasteiger partial charge in [0, 0.05) is 23.6 Å². The Kier molecular flexibility index (Phi) is 4.37. The van der Waals surface area contributed by atoms with Crippen LogP contribution in [0.5, 0.6) is 0 Å². The number of benzene rings is 3. The molecule has 1 aliphatic rings. The molecule has 5 nitrogen and oxygen atoms in total. The highest BCUT2D eigenvalue weighted by Gasteiger charge is 2.39. The normalized spacial score (nSPS) is 17.0. The third-order valence-corrected chi connectivity index (χ3v) is 5.60. The van der Waals surface area contributed by atoms with Crippen molar-refractivity contribution in [1.82, 2.24) is 10.3 Å². The second kappa shape index (κ2) is 7.18. The van der Waals surface area contributed by atoms with E-state index in [1.807, 2.05) is 66.9 Å². The van der Waals surface area contributed by atoms with Gasteiger partial charge >= 0.3 is 0 Å². The summed E-state index contributed by atoms with van der Waals surface area (Å²) in [5, 5.41) is 6.57. The maximum absolute atomic E-state index is 12.9. The summed E-state index contributed by atoms with van der Waals surface area (Å²) in [6.45, 7) is 0.636. The summed E-state index contributed by atoms with van der Waals surface area (Å²) in [4.78, 5) is 30.0. The van der Waals surface area contributed by atoms with Gasteiger partial charge in [-0.2, -0.15) is 0 Å². The van der Waals surface area contributed by atoms with E-state index in [2.05, 4.69) is 16.4 Å². The third kappa shape index (κ3) is 3.19. The lowest BCUT2D eigenvalue weighted by Gasteiger charge is -2.16. The molecule has 1 fully saturated rings. The van der Waals surface area contributed by atoms with E-state index in [9.17, 15) is 9.59 Å². The number of carbonyl (C=O) groups is 2. The first-order chi connectivity index (χ1) is 14.2. The van der Waals surface area contributed by atoms with Crippen molar-refractivity contribution >= 4 is 39.2 Å². The molecule has 5 heteroatoms. The van der Waals surface area contributed by atoms with Gasteiger partial charge in [-0.1, -0.05) is 48.5 Å². The standard InChI is InChI=1S/C24H21N3O2/c28-23-14-22(25-12-11-18-15-26-21-8-4-3-7-20(18)21)24(29)27(23)19-10-9-16-5-1-2-6-17(16)13-19/h1-10,13,15,22,25-26H,11-12,14H2/t22-/m1/s1. The molecule has 1 atom stereocenters. The number of carbonyl (C=O) groups excluding carboxylic acids is 2. The fourth-order valence-electron chi connectivity index (χ4n) is 4.10. The Balaban J connectivity index is 1.28. The molecule has 0 radical (unpaired) electrons. The van der Waals surface area contributed by atoms with Crippen molar-refractivity contribution in [2.24, 2.45) is 0 Å². The molecule has 0 unspecified atom stereocenters. The van der Waals surface area contributed by atoms with Crippen molar-refractivity contribution in [2.45, 2.75) is 18.9 Å². The topological polar surface area (TPSA) is 65.2 Å². The molecule has 0 spiro atoms. The van der Waals surface area contributed by atoms with Crippen LogP contribution in [0, 0.1) is 0 Å². The van der Waals surface area contributed by atoms with Gasteiger partial charge in [-0.25, -0.2) is 4.90 Å². The van der Waals surface area contributed by atoms with Gasteiger partial charge in [-0.3, -0.25) is 9.59 Å². The van der Waals surface area contributed by atoms with E-state index in [0.29, 0.717) is 12.2 Å². The quantitative estimate of drug-likeness (QED) is 0.516. The predicted octanol–water partition coefficient (Wildman–Crippen LogP) is 3.79. The van der Waals surface area contributed by atoms with Gasteiger partial charge in [-0.15, -0.1) is 0 Å². The highest BCUT2D eigenvalue weighted by molar-refractivity contribution is 6.22. The Morgan fingerprint density at radius 3 is 2.66 bits per heavy atom. The Morgan fingerprint density at radius 1 is 0.966 bits per heavy atom. The van der Waals surface area contributed by atoms with E-state index in [-0.39, 0.29) is 18.2 Å². The molecular weight excluding hydrogens is 362 g/mol. The minimum absolute atomic E-state index is 0.158. The molecule has 3 aromatic carbocycles. The van der Waals surface area contributed by atoms with Crippen LogP contribution in [-0.4, -0.2) is 29.4 Å². The van der Waals surface area contributed by atoms with E-state index >= 15 is 0 Å². The Labute approximate surface area is 168 Å². The summed E-state index contributed by atoms with van der Waals surface area (Å²) in [6, 6.07) is 21.3. The number of nitrogens with one attached hydrogen (secondary N) is 2. The van der Waals surface area contributed by atoms with Gasteiger partial charge in [-0.05, 0) is 41.0 Å². The van der Waals surface area contributed by atoms with Crippen LogP contribution in [0.25, 0.3) is 21.7 Å². The first-order valence-electron chi connectivity index (χ1n) is 9.85. The number of imide groups is 1. The molecule has 0 saturated carbocycles. The van der Waals surface area contributed by atoms with Crippen molar-refractivity contribution in [3.8, 4) is 0 Å². The van der Waals surface area contributed by atoms with Crippen LogP contribution in [-0.2, 0) is 16.0 Å². The summed E-state index contributed by atoms with van der Waals surface area (Å²) in [6.07, 6.45) is 2.99. The summed E-state index contributed by atoms with van der Waals surface area (Å²) < 4.78 is 0. The number of aromatic nitrogens is 1. The molecule has 2 amide bonds. The van der Waals surface area contributed by atoms with E-state index in [1.165, 1.54) is 15.8 Å². The molecule has 4 aromatic rings. The van der Waals surface area contributed by atoms with Crippen LogP contribution in [0.15, 0.2) is 72.9 Å². The zero-order chi connectivity index (χ0) is 19.8. The number of rotatable bonds is 5. The fraction of sp³-hybridized carbons (Fsp3) is 0.167. The minimum Gasteiger partial charge on any atom is -0.361 e. The smallest absolute Gasteiger partial charge is 0.251 e. The lowest BCUT2D eigenvalue weighted by molar-refractivity contribution is -0.121. The molecule has 2 N–H and O–H groups in total. The average molecular weight is 383 g/mol. The van der Waals surface area contributed by atoms with Gasteiger partial charge in [0.05, 0.1) is 18.2 Å². The number of para-hydroxylation sites is 1. The first kappa shape index (κ1) is 17.6. The van der Waals surface area contributed by atoms with Crippen LogP contribution in [0.1, 0.15) is 12.0 Å². The zero-order valence-corrected chi connectivity index (χ0v) is 15.9. The van der Waals surface area contributed by atoms with Gasteiger partial charge in [0.2, 0.25) is 5.91 Å². The molecule has 2 heterocycles. The van der Waals surface area contributed by atoms with Crippen LogP contribution in [0.3, 0.4) is 0 Å². The van der Waals surface area contributed by atoms with Crippen LogP contribution >= 0.6 is 0 Å². The predicted molar refractivity (Wildman–Crippen MR) is 115 cm³/mol. The van der Waals surface area contributed by atoms with Gasteiger partial charge < -0.3 is 10.3 Å². The molecule has 5 rings (SSSR count). The number of nitrogens with zero attached hydrogens (tertiary/aromatic N) is 1. The lowest BCUT2D eigenvalue weighted by atomic mass is 10.1. The number of H-pyrrole nitrogens is 1. The number of fused-ring (bicyclic) bond motifs is 2. The number of amides is 2. The maximum atomic E-state index is 12.9. The molecule has 29 heavy (non-hydrogen) atoms. The highest BCUT2D eigenvalue weighted by atomic mass is 16.2. The van der Waals surface area contributed by atoms with E-state index in [1.54, 1.807) is 0 Å². The summed E-state index contributed by atoms with van der Waals surface area (Å²) >= 11 is 0. The summed E-state index contributed by atoms with van der Waals surface area (Å²) in [5.74, 6) is -0.334. The third-order valence-electron chi connectivity index (χ3n) is 5.60. The van der Waals surface area contributed by atoms with Crippen molar-refractivity contribution < 1.29 is 9.59 Å². The van der Waals surface area contributed by atoms with Crippen molar-refractivity contribution in [1.29, 1.82) is 0 Å². The zero-order valence-electron chi connectivity index (χ0n) is 15.9. The van der Waals surface area contributed by atoms with Gasteiger partial charge in [0.15, 0.2) is 0 Å². The van der Waals surface area contributed by atoms with Crippen LogP contribution in [0.2, 0.25) is 0 Å². The highest BCUT2D eigenvalue weighted by Crippen LogP contribution is 2.27. The molecule has 1 saturated heterocycles. The number of anilines is 1. The second-order valence-corrected chi connectivity index (χ2v) is 7.42. The van der Waals surface area contributed by atoms with Crippen LogP contribution in [0.4, 0.5) is 5.69 Å². The molecule has 1 aliphatic heterocycles. The van der Waals surface area contributed by atoms with Crippen LogP contribution < -0.4 is 10.2 Å². The van der Waals surface area contributed by atoms with E-state index in [4.69, 9.17) is 0 Å². The lowest BCUT2D eigenvalue weighted by Crippen LogP contribution is -2.39. The van der Waals surface area contributed by atoms with Crippen molar-refractivity contribution in [2.75, 3.05) is 11.4 Å². The Morgan fingerprint density at radius 2 is 1.76 bits per heavy atom. The second-order valence-electron chi connectivity index (χ2n) is 7.42. The van der Waals surface area contributed by atoms with Gasteiger partial charge in [0.25, 0.3) is 5.91 Å². The minimum atomic E-state index is -0.473. The Hall–Kier alpha value is -3.44. The number of aromatic amines is 1. The molecule has 144 valence electrons. The fourth-order valence-corrected chi connectivity index (χ4v) is 4.10. The number of hydrogen-bond acceptors (Lipinski definition) is 3. The SMILES string of the molecule is O=C1C[C@@H](NCCc2c[nH]c3ccccc23)C(=O)N1c1ccc2ccccc2c1. The van der Waals surface area contributed by atoms with E-state index < -0.39 is 6.04 Å². The number of hydrogen-bond donors (Lipinski definition) is 2. The molecule has 1 aromatic heterocycles. The summed E-state index contributed by atoms with van der Waals surface area (Å²) in [7, 11) is 0. The molecular formula is C24H21N3O2. The Bertz CT molecular complexity index is 1230. The van der Waals surface area contributed by atoms with Crippen molar-refractivity contribution in [3.05, 3.63) is 78.5 Å². The maximum Gasteiger partial charge on any atom is 0.251 e. The molecule has 0 aliphatic carbocycles. The first-order valence-corrected chi connectivity index (χ1v) is 9.85. The monoisotopic (exact) mass is 383 g/mol.